The number of carbonyl (C=O) groups excluding carboxylic acids is 1. The maximum atomic E-state index is 11.8. The third-order valence-corrected chi connectivity index (χ3v) is 2.96. The van der Waals surface area contributed by atoms with Gasteiger partial charge in [0.15, 0.2) is 0 Å². The SMILES string of the molecule is CC(C)NC(=O)c1ccc(N(CCCl)CCCl)cc1. The first-order valence-electron chi connectivity index (χ1n) is 6.36. The van der Waals surface area contributed by atoms with Gasteiger partial charge in [-0.05, 0) is 38.1 Å². The molecule has 0 aliphatic rings. The molecule has 0 atom stereocenters. The average Bonchev–Trinajstić information content (AvgIpc) is 2.38. The van der Waals surface area contributed by atoms with Crippen LogP contribution in [0.25, 0.3) is 0 Å². The fourth-order valence-corrected chi connectivity index (χ4v) is 2.15. The standard InChI is InChI=1S/C14H20Cl2N2O/c1-11(2)17-14(19)12-3-5-13(6-4-12)18(9-7-15)10-8-16/h3-6,11H,7-10H2,1-2H3,(H,17,19). The van der Waals surface area contributed by atoms with Gasteiger partial charge in [-0.25, -0.2) is 0 Å². The van der Waals surface area contributed by atoms with Gasteiger partial charge in [0.2, 0.25) is 0 Å². The van der Waals surface area contributed by atoms with Crippen LogP contribution in [-0.2, 0) is 0 Å². The summed E-state index contributed by atoms with van der Waals surface area (Å²) in [6.45, 7) is 5.36. The van der Waals surface area contributed by atoms with Crippen molar-refractivity contribution >= 4 is 34.8 Å². The van der Waals surface area contributed by atoms with E-state index in [1.54, 1.807) is 0 Å². The molecule has 1 aromatic rings. The lowest BCUT2D eigenvalue weighted by Gasteiger charge is -2.23. The predicted molar refractivity (Wildman–Crippen MR) is 82.7 cm³/mol. The molecule has 1 aromatic carbocycles. The van der Waals surface area contributed by atoms with E-state index < -0.39 is 0 Å². The van der Waals surface area contributed by atoms with Crippen LogP contribution in [0.4, 0.5) is 5.69 Å². The van der Waals surface area contributed by atoms with Gasteiger partial charge in [0.1, 0.15) is 0 Å². The number of halogens is 2. The van der Waals surface area contributed by atoms with Gasteiger partial charge in [0, 0.05) is 42.1 Å². The highest BCUT2D eigenvalue weighted by Gasteiger charge is 2.09. The number of hydrogen-bond acceptors (Lipinski definition) is 2. The zero-order valence-electron chi connectivity index (χ0n) is 11.3. The lowest BCUT2D eigenvalue weighted by atomic mass is 10.1. The number of alkyl halides is 2. The van der Waals surface area contributed by atoms with E-state index in [0.29, 0.717) is 17.3 Å². The Kier molecular flexibility index (Phi) is 7.03. The Morgan fingerprint density at radius 2 is 1.68 bits per heavy atom. The lowest BCUT2D eigenvalue weighted by Crippen LogP contribution is -2.30. The topological polar surface area (TPSA) is 32.3 Å². The molecule has 0 fully saturated rings. The molecular formula is C14H20Cl2N2O. The van der Waals surface area contributed by atoms with Gasteiger partial charge in [0.25, 0.3) is 5.91 Å². The van der Waals surface area contributed by atoms with Gasteiger partial charge < -0.3 is 10.2 Å². The van der Waals surface area contributed by atoms with Gasteiger partial charge in [-0.15, -0.1) is 23.2 Å². The minimum absolute atomic E-state index is 0.0530. The minimum Gasteiger partial charge on any atom is -0.369 e. The van der Waals surface area contributed by atoms with Crippen molar-refractivity contribution in [2.24, 2.45) is 0 Å². The van der Waals surface area contributed by atoms with Crippen molar-refractivity contribution in [2.45, 2.75) is 19.9 Å². The maximum Gasteiger partial charge on any atom is 0.251 e. The van der Waals surface area contributed by atoms with E-state index in [1.165, 1.54) is 0 Å². The Balaban J connectivity index is 2.76. The number of nitrogens with one attached hydrogen (secondary N) is 1. The molecule has 1 N–H and O–H groups in total. The maximum absolute atomic E-state index is 11.8. The molecule has 5 heteroatoms. The van der Waals surface area contributed by atoms with Crippen LogP contribution < -0.4 is 10.2 Å². The molecule has 0 aromatic heterocycles. The third kappa shape index (κ3) is 5.29. The highest BCUT2D eigenvalue weighted by atomic mass is 35.5. The summed E-state index contributed by atoms with van der Waals surface area (Å²) in [7, 11) is 0. The molecule has 0 unspecified atom stereocenters. The van der Waals surface area contributed by atoms with Crippen LogP contribution in [0.3, 0.4) is 0 Å². The highest BCUT2D eigenvalue weighted by Crippen LogP contribution is 2.15. The van der Waals surface area contributed by atoms with Crippen molar-refractivity contribution < 1.29 is 4.79 Å². The van der Waals surface area contributed by atoms with Crippen molar-refractivity contribution in [1.29, 1.82) is 0 Å². The molecule has 0 bridgehead atoms. The van der Waals surface area contributed by atoms with E-state index in [-0.39, 0.29) is 11.9 Å². The molecule has 106 valence electrons. The van der Waals surface area contributed by atoms with Crippen LogP contribution in [0.1, 0.15) is 24.2 Å². The van der Waals surface area contributed by atoms with Gasteiger partial charge in [-0.1, -0.05) is 0 Å². The van der Waals surface area contributed by atoms with Gasteiger partial charge in [0.05, 0.1) is 0 Å². The molecule has 0 aliphatic carbocycles. The summed E-state index contributed by atoms with van der Waals surface area (Å²) in [5, 5.41) is 2.86. The molecule has 19 heavy (non-hydrogen) atoms. The molecule has 0 spiro atoms. The zero-order chi connectivity index (χ0) is 14.3. The summed E-state index contributed by atoms with van der Waals surface area (Å²) >= 11 is 11.5. The van der Waals surface area contributed by atoms with Crippen LogP contribution in [0.2, 0.25) is 0 Å². The summed E-state index contributed by atoms with van der Waals surface area (Å²) in [6, 6.07) is 7.63. The second-order valence-corrected chi connectivity index (χ2v) is 5.30. The van der Waals surface area contributed by atoms with E-state index in [2.05, 4.69) is 10.2 Å². The largest absolute Gasteiger partial charge is 0.369 e. The zero-order valence-corrected chi connectivity index (χ0v) is 12.8. The molecule has 0 radical (unpaired) electrons. The molecule has 0 aliphatic heterocycles. The van der Waals surface area contributed by atoms with E-state index in [0.717, 1.165) is 18.8 Å². The Morgan fingerprint density at radius 3 is 2.11 bits per heavy atom. The van der Waals surface area contributed by atoms with Crippen LogP contribution in [-0.4, -0.2) is 36.8 Å². The van der Waals surface area contributed by atoms with Crippen molar-refractivity contribution in [1.82, 2.24) is 5.32 Å². The van der Waals surface area contributed by atoms with E-state index in [4.69, 9.17) is 23.2 Å². The van der Waals surface area contributed by atoms with Crippen molar-refractivity contribution in [2.75, 3.05) is 29.7 Å². The average molecular weight is 303 g/mol. The number of benzene rings is 1. The third-order valence-electron chi connectivity index (χ3n) is 2.62. The fourth-order valence-electron chi connectivity index (χ4n) is 1.74. The van der Waals surface area contributed by atoms with E-state index in [9.17, 15) is 4.79 Å². The van der Waals surface area contributed by atoms with Crippen LogP contribution in [0.5, 0.6) is 0 Å². The van der Waals surface area contributed by atoms with Crippen LogP contribution in [0.15, 0.2) is 24.3 Å². The number of carbonyl (C=O) groups is 1. The summed E-state index contributed by atoms with van der Waals surface area (Å²) in [5.74, 6) is 1.04. The molecule has 1 amide bonds. The smallest absolute Gasteiger partial charge is 0.251 e. The monoisotopic (exact) mass is 302 g/mol. The molecule has 0 heterocycles. The Morgan fingerprint density at radius 1 is 1.16 bits per heavy atom. The number of nitrogens with zero attached hydrogens (tertiary/aromatic N) is 1. The Hall–Kier alpha value is -0.930. The predicted octanol–water partition coefficient (Wildman–Crippen LogP) is 3.11. The first kappa shape index (κ1) is 16.1. The minimum atomic E-state index is -0.0530. The summed E-state index contributed by atoms with van der Waals surface area (Å²) in [6.07, 6.45) is 0. The number of rotatable bonds is 7. The van der Waals surface area contributed by atoms with E-state index >= 15 is 0 Å². The van der Waals surface area contributed by atoms with Crippen molar-refractivity contribution in [3.05, 3.63) is 29.8 Å². The van der Waals surface area contributed by atoms with Crippen LogP contribution in [0, 0.1) is 0 Å². The molecule has 3 nitrogen and oxygen atoms in total. The van der Waals surface area contributed by atoms with Crippen LogP contribution >= 0.6 is 23.2 Å². The highest BCUT2D eigenvalue weighted by molar-refractivity contribution is 6.18. The molecular weight excluding hydrogens is 283 g/mol. The molecule has 1 rings (SSSR count). The number of anilines is 1. The van der Waals surface area contributed by atoms with Crippen molar-refractivity contribution in [3.8, 4) is 0 Å². The molecule has 0 saturated heterocycles. The summed E-state index contributed by atoms with van der Waals surface area (Å²) < 4.78 is 0. The summed E-state index contributed by atoms with van der Waals surface area (Å²) in [5.41, 5.74) is 1.69. The second kappa shape index (κ2) is 8.28. The lowest BCUT2D eigenvalue weighted by molar-refractivity contribution is 0.0943. The van der Waals surface area contributed by atoms with Gasteiger partial charge in [-0.2, -0.15) is 0 Å². The van der Waals surface area contributed by atoms with E-state index in [1.807, 2.05) is 38.1 Å². The quantitative estimate of drug-likeness (QED) is 0.785. The molecule has 0 saturated carbocycles. The first-order chi connectivity index (χ1) is 9.08. The number of hydrogen-bond donors (Lipinski definition) is 1. The van der Waals surface area contributed by atoms with Gasteiger partial charge in [-0.3, -0.25) is 4.79 Å². The Labute approximate surface area is 124 Å². The van der Waals surface area contributed by atoms with Crippen molar-refractivity contribution in [3.63, 3.8) is 0 Å². The first-order valence-corrected chi connectivity index (χ1v) is 7.43. The summed E-state index contributed by atoms with van der Waals surface area (Å²) in [4.78, 5) is 13.9. The Bertz CT molecular complexity index is 387. The number of amides is 1. The second-order valence-electron chi connectivity index (χ2n) is 4.54. The fraction of sp³-hybridized carbons (Fsp3) is 0.500. The normalized spacial score (nSPS) is 10.6. The van der Waals surface area contributed by atoms with Gasteiger partial charge >= 0.3 is 0 Å².